The molecule has 11 rings (SSSR count). The van der Waals surface area contributed by atoms with Gasteiger partial charge in [-0.2, -0.15) is 0 Å². The number of hydrogen-bond donors (Lipinski definition) is 4. The lowest BCUT2D eigenvalue weighted by Gasteiger charge is -2.47. The van der Waals surface area contributed by atoms with Crippen LogP contribution >= 0.6 is 0 Å². The van der Waals surface area contributed by atoms with Gasteiger partial charge in [0.1, 0.15) is 49.8 Å². The normalized spacial score (nSPS) is 37.0. The average Bonchev–Trinajstić information content (AvgIpc) is 1.58. The fourth-order valence-electron chi connectivity index (χ4n) is 19.2. The predicted molar refractivity (Wildman–Crippen MR) is 440 cm³/mol. The van der Waals surface area contributed by atoms with Crippen LogP contribution in [0.4, 0.5) is 19.2 Å². The van der Waals surface area contributed by atoms with E-state index >= 15 is 0 Å². The standard InChI is InChI=1S/C47H67NO13.C44H63NO13.CH4/c1-12-35-47(10,61-45(7,8)59-35)40-31(6)37-27(2)24-46(9,60-37)39(29(4)36(49)30(5)41(50)57-40)58-42-38(56-44(52)54-26-33-21-17-14-18-22-33)34(23-28(3)55-42)48(11)43(51)53-25-32-19-15-13-16-20-32;1-10-33(46)44(8,51)38-29(6)35-25(2)22-43(7,58-35)37(27(4)34(47)28(5)39(48)56-38)57-40-36(55-42(50)53-24-31-19-15-12-16-20-31)32(21-26(3)54-40)45(9)41(49)52-23-30-17-13-11-14-18-30;/h13-22,27-31,34-40,42,49H,12,23-26H2,1-11H3;11-20,25-29,32-38,40,46-47,51H,10,21-24H2,1-9H3;1H4/t27?,28?,29-,30+,31-,34?,35+,36-,37?,38?,39+,40+,42-,46-,47+;25?,26?,27-,28+,29-,32?,33+,34-,35?,36?,37+,38+,40-,43-,44+;/m00./s1. The first kappa shape index (κ1) is 96.2. The van der Waals surface area contributed by atoms with Crippen LogP contribution in [0.3, 0.4) is 0 Å². The van der Waals surface area contributed by atoms with Gasteiger partial charge in [0.2, 0.25) is 0 Å². The number of rotatable bonds is 21. The van der Waals surface area contributed by atoms with Crippen molar-refractivity contribution >= 4 is 36.4 Å². The van der Waals surface area contributed by atoms with E-state index in [4.69, 9.17) is 75.8 Å². The molecule has 0 aromatic heterocycles. The number of esters is 2. The highest BCUT2D eigenvalue weighted by Crippen LogP contribution is 2.52. The maximum atomic E-state index is 14.2. The fraction of sp³-hybridized carbons (Fsp3) is 0.674. The van der Waals surface area contributed by atoms with Crippen LogP contribution in [-0.2, 0) is 112 Å². The topological polar surface area (TPSA) is 337 Å². The van der Waals surface area contributed by atoms with Crippen molar-refractivity contribution in [2.45, 2.75) is 335 Å². The van der Waals surface area contributed by atoms with Gasteiger partial charge in [-0.1, -0.05) is 184 Å². The van der Waals surface area contributed by atoms with Crippen LogP contribution < -0.4 is 0 Å². The van der Waals surface area contributed by atoms with Gasteiger partial charge >= 0.3 is 36.4 Å². The van der Waals surface area contributed by atoms with Gasteiger partial charge < -0.3 is 106 Å². The Bertz CT molecular complexity index is 3960. The van der Waals surface area contributed by atoms with Gasteiger partial charge in [0.05, 0.1) is 96.2 Å². The number of carbonyl (C=O) groups is 6. The summed E-state index contributed by atoms with van der Waals surface area (Å²) in [4.78, 5) is 85.1. The molecule has 4 aromatic rings. The molecule has 668 valence electrons. The highest BCUT2D eigenvalue weighted by atomic mass is 16.8. The first-order valence-corrected chi connectivity index (χ1v) is 42.3. The van der Waals surface area contributed by atoms with Crippen molar-refractivity contribution in [1.82, 2.24) is 9.80 Å². The van der Waals surface area contributed by atoms with Gasteiger partial charge in [0.15, 0.2) is 30.6 Å². The predicted octanol–water partition coefficient (Wildman–Crippen LogP) is 14.0. The van der Waals surface area contributed by atoms with Gasteiger partial charge in [-0.3, -0.25) is 9.59 Å². The molecule has 0 saturated carbocycles. The zero-order chi connectivity index (χ0) is 87.0. The largest absolute Gasteiger partial charge is 0.509 e. The molecule has 0 aliphatic carbocycles. The molecule has 4 aromatic carbocycles. The van der Waals surface area contributed by atoms with E-state index in [1.807, 2.05) is 197 Å². The fourth-order valence-corrected chi connectivity index (χ4v) is 19.2. The Labute approximate surface area is 708 Å². The summed E-state index contributed by atoms with van der Waals surface area (Å²) in [6.07, 6.45) is -16.1. The molecule has 7 aliphatic rings. The zero-order valence-electron chi connectivity index (χ0n) is 72.8. The summed E-state index contributed by atoms with van der Waals surface area (Å²) in [5, 5.41) is 46.5. The molecular formula is C92H134N2O26. The number of aliphatic hydroxyl groups excluding tert-OH is 3. The minimum absolute atomic E-state index is 0. The highest BCUT2D eigenvalue weighted by Gasteiger charge is 2.64. The zero-order valence-corrected chi connectivity index (χ0v) is 72.8. The molecule has 7 fully saturated rings. The second-order valence-corrected chi connectivity index (χ2v) is 35.6. The number of fused-ring (bicyclic) bond motifs is 4. The second kappa shape index (κ2) is 40.8. The number of nitrogens with zero attached hydrogens (tertiary/aromatic N) is 2. The van der Waals surface area contributed by atoms with E-state index in [1.165, 1.54) is 23.6 Å². The molecular weight excluding hydrogens is 1550 g/mol. The van der Waals surface area contributed by atoms with Crippen LogP contribution in [0.15, 0.2) is 121 Å². The monoisotopic (exact) mass is 1680 g/mol. The molecule has 120 heavy (non-hydrogen) atoms. The lowest BCUT2D eigenvalue weighted by molar-refractivity contribution is -0.301. The Morgan fingerprint density at radius 2 is 0.883 bits per heavy atom. The number of aliphatic hydroxyl groups is 4. The number of hydrogen-bond acceptors (Lipinski definition) is 26. The molecule has 7 saturated heterocycles. The van der Waals surface area contributed by atoms with Crippen molar-refractivity contribution in [2.24, 2.45) is 47.3 Å². The van der Waals surface area contributed by atoms with E-state index < -0.39 is 198 Å². The Morgan fingerprint density at radius 3 is 1.25 bits per heavy atom. The first-order valence-electron chi connectivity index (χ1n) is 42.3. The van der Waals surface area contributed by atoms with E-state index in [-0.39, 0.29) is 77.0 Å². The quantitative estimate of drug-likeness (QED) is 0.0445. The van der Waals surface area contributed by atoms with Crippen LogP contribution in [-0.4, -0.2) is 219 Å². The molecule has 7 heterocycles. The second-order valence-electron chi connectivity index (χ2n) is 35.6. The first-order chi connectivity index (χ1) is 56.1. The van der Waals surface area contributed by atoms with Crippen LogP contribution in [0.5, 0.6) is 0 Å². The lowest BCUT2D eigenvalue weighted by Crippen LogP contribution is -2.61. The van der Waals surface area contributed by atoms with E-state index in [0.717, 1.165) is 22.3 Å². The number of cyclic esters (lactones) is 2. The summed E-state index contributed by atoms with van der Waals surface area (Å²) in [5.41, 5.74) is -1.92. The third-order valence-corrected chi connectivity index (χ3v) is 25.6. The summed E-state index contributed by atoms with van der Waals surface area (Å²) in [6, 6.07) is 35.3. The molecule has 2 amide bonds. The summed E-state index contributed by atoms with van der Waals surface area (Å²) in [5.74, 6) is -7.08. The molecule has 30 atom stereocenters. The number of likely N-dealkylation sites (N-methyl/N-ethyl adjacent to an activating group) is 2. The summed E-state index contributed by atoms with van der Waals surface area (Å²) in [7, 11) is 3.14. The summed E-state index contributed by atoms with van der Waals surface area (Å²) < 4.78 is 101. The van der Waals surface area contributed by atoms with E-state index in [1.54, 1.807) is 41.8 Å². The van der Waals surface area contributed by atoms with Crippen LogP contribution in [0, 0.1) is 47.3 Å². The van der Waals surface area contributed by atoms with E-state index in [0.29, 0.717) is 19.3 Å². The third-order valence-electron chi connectivity index (χ3n) is 25.6. The SMILES string of the molecule is C.CC[C@@H](O)[C@@](C)(O)[C@@H]1OC(=O)[C@H](C)[C@@H](O)[C@H](C)[C@@H](O[C@@H]2OC(C)CC(N(C)C(=O)OCc3ccccc3)C2OC(=O)OCc2ccccc2)[C@]2(C)CC(C)C(O2)[C@@H]1C.CC[C@H]1OC(C)(C)O[C@@]1(C)[C@@H]1OC(=O)[C@H](C)[C@@H](O)[C@H](C)[C@@H](O[C@@H]2OC(C)CC(N(C)C(=O)OCc3ccccc3)C2OC(=O)OCc2ccccc2)[C@]2(C)CC(C)C(O2)[C@@H]1C. The lowest BCUT2D eigenvalue weighted by atomic mass is 9.76. The number of ether oxygens (including phenoxy) is 16. The smallest absolute Gasteiger partial charge is 0.459 e. The minimum atomic E-state index is -1.83. The van der Waals surface area contributed by atoms with Crippen molar-refractivity contribution in [2.75, 3.05) is 14.1 Å². The molecule has 0 radical (unpaired) electrons. The molecule has 7 aliphatic heterocycles. The maximum Gasteiger partial charge on any atom is 0.509 e. The molecule has 0 spiro atoms. The van der Waals surface area contributed by atoms with Gasteiger partial charge in [0.25, 0.3) is 0 Å². The maximum absolute atomic E-state index is 14.2. The van der Waals surface area contributed by atoms with Crippen LogP contribution in [0.25, 0.3) is 0 Å². The van der Waals surface area contributed by atoms with Crippen molar-refractivity contribution in [1.29, 1.82) is 0 Å². The summed E-state index contributed by atoms with van der Waals surface area (Å²) in [6.45, 7) is 32.8. The van der Waals surface area contributed by atoms with Crippen LogP contribution in [0.2, 0.25) is 0 Å². The Kier molecular flexibility index (Phi) is 32.7. The van der Waals surface area contributed by atoms with Crippen LogP contribution in [0.1, 0.15) is 193 Å². The third kappa shape index (κ3) is 22.3. The Morgan fingerprint density at radius 1 is 0.525 bits per heavy atom. The van der Waals surface area contributed by atoms with Crippen molar-refractivity contribution in [3.8, 4) is 0 Å². The van der Waals surface area contributed by atoms with Gasteiger partial charge in [0, 0.05) is 37.8 Å². The van der Waals surface area contributed by atoms with Crippen molar-refractivity contribution in [3.63, 3.8) is 0 Å². The summed E-state index contributed by atoms with van der Waals surface area (Å²) >= 11 is 0. The minimum Gasteiger partial charge on any atom is -0.459 e. The van der Waals surface area contributed by atoms with E-state index in [2.05, 4.69) is 6.92 Å². The Hall–Kier alpha value is -7.58. The van der Waals surface area contributed by atoms with E-state index in [9.17, 15) is 49.2 Å². The number of carbonyl (C=O) groups excluding carboxylic acids is 6. The van der Waals surface area contributed by atoms with Crippen molar-refractivity contribution < 1.29 is 125 Å². The molecule has 28 heteroatoms. The number of benzene rings is 4. The highest BCUT2D eigenvalue weighted by molar-refractivity contribution is 5.74. The van der Waals surface area contributed by atoms with Crippen molar-refractivity contribution in [3.05, 3.63) is 144 Å². The number of amides is 2. The van der Waals surface area contributed by atoms with Gasteiger partial charge in [-0.15, -0.1) is 0 Å². The van der Waals surface area contributed by atoms with Gasteiger partial charge in [-0.05, 0) is 142 Å². The molecule has 4 N–H and O–H groups in total. The molecule has 4 bridgehead atoms. The van der Waals surface area contributed by atoms with Gasteiger partial charge in [-0.25, -0.2) is 19.2 Å². The Balaban J connectivity index is 0.000000271. The molecule has 28 nitrogen and oxygen atoms in total. The molecule has 10 unspecified atom stereocenters. The average molecular weight is 1680 g/mol.